The number of carbonyl (C=O) groups is 2. The molecule has 0 radical (unpaired) electrons. The fraction of sp³-hybridized carbons (Fsp3) is 0.400. The number of fused-ring (bicyclic) bond motifs is 1. The molecule has 1 aliphatic rings. The van der Waals surface area contributed by atoms with Crippen molar-refractivity contribution < 1.29 is 19.1 Å². The summed E-state index contributed by atoms with van der Waals surface area (Å²) in [5.74, 6) is -0.639. The predicted molar refractivity (Wildman–Crippen MR) is 110 cm³/mol. The summed E-state index contributed by atoms with van der Waals surface area (Å²) in [4.78, 5) is 25.8. The molecule has 1 amide bonds. The van der Waals surface area contributed by atoms with E-state index in [1.807, 2.05) is 44.2 Å². The summed E-state index contributed by atoms with van der Waals surface area (Å²) in [6.45, 7) is 6.45. The smallest absolute Gasteiger partial charge is 0.341 e. The standard InChI is InChI=1S/C20H22BrNO4S/c1-4-25-19(24)15-13-10-20(2,3)26-11-14(13)27-18(15)22-17(23)16(21)12-8-6-5-7-9-12/h5-9,16H,4,10-11H2,1-3H3,(H,22,23). The minimum atomic E-state index is -0.513. The van der Waals surface area contributed by atoms with E-state index >= 15 is 0 Å². The molecule has 0 bridgehead atoms. The largest absolute Gasteiger partial charge is 0.462 e. The molecule has 1 aliphatic heterocycles. The van der Waals surface area contributed by atoms with E-state index < -0.39 is 10.8 Å². The van der Waals surface area contributed by atoms with Gasteiger partial charge in [0.2, 0.25) is 5.91 Å². The molecule has 0 fully saturated rings. The fourth-order valence-electron chi connectivity index (χ4n) is 3.01. The highest BCUT2D eigenvalue weighted by atomic mass is 79.9. The maximum absolute atomic E-state index is 12.8. The number of rotatable bonds is 5. The predicted octanol–water partition coefficient (Wildman–Crippen LogP) is 4.85. The van der Waals surface area contributed by atoms with Gasteiger partial charge in [-0.1, -0.05) is 46.3 Å². The average molecular weight is 452 g/mol. The van der Waals surface area contributed by atoms with Crippen LogP contribution in [0.4, 0.5) is 5.00 Å². The van der Waals surface area contributed by atoms with E-state index in [-0.39, 0.29) is 18.1 Å². The average Bonchev–Trinajstić information content (AvgIpc) is 2.97. The minimum absolute atomic E-state index is 0.231. The van der Waals surface area contributed by atoms with E-state index in [2.05, 4.69) is 21.2 Å². The van der Waals surface area contributed by atoms with E-state index in [1.54, 1.807) is 6.92 Å². The fourth-order valence-corrected chi connectivity index (χ4v) is 4.55. The number of halogens is 1. The van der Waals surface area contributed by atoms with E-state index in [4.69, 9.17) is 9.47 Å². The number of ether oxygens (including phenoxy) is 2. The molecule has 1 atom stereocenters. The molecule has 1 unspecified atom stereocenters. The SMILES string of the molecule is CCOC(=O)c1c(NC(=O)C(Br)c2ccccc2)sc2c1CC(C)(C)OC2. The number of esters is 1. The van der Waals surface area contributed by atoms with Gasteiger partial charge in [0.1, 0.15) is 9.83 Å². The lowest BCUT2D eigenvalue weighted by atomic mass is 9.93. The molecule has 2 aromatic rings. The van der Waals surface area contributed by atoms with Gasteiger partial charge in [-0.25, -0.2) is 4.79 Å². The Morgan fingerprint density at radius 3 is 2.70 bits per heavy atom. The normalized spacial score (nSPS) is 16.3. The van der Waals surface area contributed by atoms with Crippen LogP contribution in [0.1, 0.15) is 52.0 Å². The van der Waals surface area contributed by atoms with E-state index in [0.29, 0.717) is 23.6 Å². The van der Waals surface area contributed by atoms with Crippen LogP contribution in [-0.2, 0) is 27.3 Å². The second-order valence-electron chi connectivity index (χ2n) is 6.92. The van der Waals surface area contributed by atoms with Crippen molar-refractivity contribution in [3.63, 3.8) is 0 Å². The molecule has 0 saturated heterocycles. The van der Waals surface area contributed by atoms with Crippen LogP contribution >= 0.6 is 27.3 Å². The van der Waals surface area contributed by atoms with Crippen LogP contribution in [0.15, 0.2) is 30.3 Å². The van der Waals surface area contributed by atoms with Crippen molar-refractivity contribution >= 4 is 44.1 Å². The van der Waals surface area contributed by atoms with Crippen molar-refractivity contribution in [2.24, 2.45) is 0 Å². The minimum Gasteiger partial charge on any atom is -0.462 e. The van der Waals surface area contributed by atoms with Crippen LogP contribution in [0.2, 0.25) is 0 Å². The highest BCUT2D eigenvalue weighted by Gasteiger charge is 2.34. The van der Waals surface area contributed by atoms with Gasteiger partial charge in [0.15, 0.2) is 0 Å². The third kappa shape index (κ3) is 4.42. The summed E-state index contributed by atoms with van der Waals surface area (Å²) < 4.78 is 11.1. The van der Waals surface area contributed by atoms with Crippen LogP contribution in [0.3, 0.4) is 0 Å². The van der Waals surface area contributed by atoms with Crippen molar-refractivity contribution in [3.8, 4) is 0 Å². The Morgan fingerprint density at radius 2 is 2.04 bits per heavy atom. The number of benzene rings is 1. The Balaban J connectivity index is 1.92. The molecule has 0 aliphatic carbocycles. The number of amides is 1. The molecule has 3 rings (SSSR count). The number of thiophene rings is 1. The van der Waals surface area contributed by atoms with Gasteiger partial charge in [-0.05, 0) is 31.9 Å². The van der Waals surface area contributed by atoms with Crippen molar-refractivity contribution in [2.75, 3.05) is 11.9 Å². The summed E-state index contributed by atoms with van der Waals surface area (Å²) >= 11 is 4.82. The zero-order chi connectivity index (χ0) is 19.6. The van der Waals surface area contributed by atoms with Crippen molar-refractivity contribution in [1.82, 2.24) is 0 Å². The van der Waals surface area contributed by atoms with Gasteiger partial charge in [0, 0.05) is 11.3 Å². The van der Waals surface area contributed by atoms with E-state index in [0.717, 1.165) is 16.0 Å². The summed E-state index contributed by atoms with van der Waals surface area (Å²) in [5, 5.41) is 3.43. The van der Waals surface area contributed by atoms with Crippen LogP contribution in [-0.4, -0.2) is 24.1 Å². The summed E-state index contributed by atoms with van der Waals surface area (Å²) in [6.07, 6.45) is 0.597. The molecule has 1 N–H and O–H groups in total. The number of alkyl halides is 1. The lowest BCUT2D eigenvalue weighted by molar-refractivity contribution is -0.115. The Kier molecular flexibility index (Phi) is 6.03. The molecule has 0 spiro atoms. The lowest BCUT2D eigenvalue weighted by Crippen LogP contribution is -2.32. The molecular weight excluding hydrogens is 430 g/mol. The first-order valence-corrected chi connectivity index (χ1v) is 10.5. The van der Waals surface area contributed by atoms with Gasteiger partial charge in [-0.15, -0.1) is 11.3 Å². The number of anilines is 1. The topological polar surface area (TPSA) is 64.6 Å². The Labute approximate surface area is 171 Å². The first kappa shape index (κ1) is 20.0. The first-order chi connectivity index (χ1) is 12.8. The maximum Gasteiger partial charge on any atom is 0.341 e. The zero-order valence-electron chi connectivity index (χ0n) is 15.5. The molecule has 0 saturated carbocycles. The molecule has 1 aromatic carbocycles. The Hall–Kier alpha value is -1.70. The number of hydrogen-bond acceptors (Lipinski definition) is 5. The molecule has 1 aromatic heterocycles. The molecule has 7 heteroatoms. The van der Waals surface area contributed by atoms with Gasteiger partial charge in [0.25, 0.3) is 0 Å². The second-order valence-corrected chi connectivity index (χ2v) is 8.94. The summed E-state index contributed by atoms with van der Waals surface area (Å²) in [6, 6.07) is 9.41. The number of hydrogen-bond donors (Lipinski definition) is 1. The molecular formula is C20H22BrNO4S. The molecule has 27 heavy (non-hydrogen) atoms. The van der Waals surface area contributed by atoms with Crippen molar-refractivity contribution in [2.45, 2.75) is 44.2 Å². The van der Waals surface area contributed by atoms with Gasteiger partial charge >= 0.3 is 5.97 Å². The van der Waals surface area contributed by atoms with Gasteiger partial charge in [0.05, 0.1) is 24.4 Å². The number of carbonyl (C=O) groups excluding carboxylic acids is 2. The number of nitrogens with one attached hydrogen (secondary N) is 1. The monoisotopic (exact) mass is 451 g/mol. The van der Waals surface area contributed by atoms with Gasteiger partial charge < -0.3 is 14.8 Å². The van der Waals surface area contributed by atoms with Crippen LogP contribution in [0.25, 0.3) is 0 Å². The first-order valence-electron chi connectivity index (χ1n) is 8.78. The van der Waals surface area contributed by atoms with Crippen LogP contribution < -0.4 is 5.32 Å². The maximum atomic E-state index is 12.8. The highest BCUT2D eigenvalue weighted by molar-refractivity contribution is 9.09. The van der Waals surface area contributed by atoms with E-state index in [1.165, 1.54) is 11.3 Å². The van der Waals surface area contributed by atoms with Gasteiger partial charge in [-0.3, -0.25) is 4.79 Å². The summed E-state index contributed by atoms with van der Waals surface area (Å²) in [5.41, 5.74) is 1.85. The Morgan fingerprint density at radius 1 is 1.33 bits per heavy atom. The molecule has 2 heterocycles. The van der Waals surface area contributed by atoms with E-state index in [9.17, 15) is 9.59 Å². The van der Waals surface area contributed by atoms with Crippen LogP contribution in [0, 0.1) is 0 Å². The van der Waals surface area contributed by atoms with Crippen molar-refractivity contribution in [1.29, 1.82) is 0 Å². The third-order valence-corrected chi connectivity index (χ3v) is 6.39. The lowest BCUT2D eigenvalue weighted by Gasteiger charge is -2.30. The van der Waals surface area contributed by atoms with Crippen LogP contribution in [0.5, 0.6) is 0 Å². The quantitative estimate of drug-likeness (QED) is 0.521. The molecule has 144 valence electrons. The third-order valence-electron chi connectivity index (χ3n) is 4.33. The second kappa shape index (κ2) is 8.12. The highest BCUT2D eigenvalue weighted by Crippen LogP contribution is 2.41. The summed E-state index contributed by atoms with van der Waals surface area (Å²) in [7, 11) is 0. The zero-order valence-corrected chi connectivity index (χ0v) is 17.9. The van der Waals surface area contributed by atoms with Crippen molar-refractivity contribution in [3.05, 3.63) is 51.9 Å². The van der Waals surface area contributed by atoms with Gasteiger partial charge in [-0.2, -0.15) is 0 Å². The molecule has 5 nitrogen and oxygen atoms in total. The Bertz CT molecular complexity index is 847.